The van der Waals surface area contributed by atoms with Gasteiger partial charge < -0.3 is 15.8 Å². The minimum absolute atomic E-state index is 0.180. The molecule has 78 valence electrons. The Kier molecular flexibility index (Phi) is 4.19. The Morgan fingerprint density at radius 2 is 2.36 bits per heavy atom. The van der Waals surface area contributed by atoms with E-state index in [2.05, 4.69) is 17.2 Å². The van der Waals surface area contributed by atoms with E-state index in [4.69, 9.17) is 10.5 Å². The zero-order valence-electron chi connectivity index (χ0n) is 8.66. The summed E-state index contributed by atoms with van der Waals surface area (Å²) >= 11 is 0. The Hall–Kier alpha value is -1.29. The van der Waals surface area contributed by atoms with Crippen molar-refractivity contribution in [1.82, 2.24) is 4.98 Å². The third-order valence-electron chi connectivity index (χ3n) is 2.04. The van der Waals surface area contributed by atoms with Crippen molar-refractivity contribution in [3.8, 4) is 5.75 Å². The van der Waals surface area contributed by atoms with Crippen molar-refractivity contribution in [2.24, 2.45) is 5.73 Å². The van der Waals surface area contributed by atoms with Crippen molar-refractivity contribution in [2.45, 2.75) is 19.4 Å². The fourth-order valence-electron chi connectivity index (χ4n) is 0.986. The molecule has 0 aromatic carbocycles. The van der Waals surface area contributed by atoms with E-state index in [0.717, 1.165) is 24.5 Å². The van der Waals surface area contributed by atoms with Gasteiger partial charge in [0.25, 0.3) is 0 Å². The summed E-state index contributed by atoms with van der Waals surface area (Å²) in [5.41, 5.74) is 5.76. The van der Waals surface area contributed by atoms with Crippen LogP contribution in [0.4, 0.5) is 5.82 Å². The van der Waals surface area contributed by atoms with Crippen molar-refractivity contribution in [3.05, 3.63) is 18.3 Å². The molecule has 4 nitrogen and oxygen atoms in total. The molecule has 0 saturated heterocycles. The summed E-state index contributed by atoms with van der Waals surface area (Å²) in [4.78, 5) is 4.16. The SMILES string of the molecule is CCC(N)CNc1ccc(OC)cn1. The number of rotatable bonds is 5. The molecular formula is C10H17N3O. The lowest BCUT2D eigenvalue weighted by Crippen LogP contribution is -2.28. The van der Waals surface area contributed by atoms with E-state index in [0.29, 0.717) is 0 Å². The lowest BCUT2D eigenvalue weighted by molar-refractivity contribution is 0.413. The minimum Gasteiger partial charge on any atom is -0.495 e. The summed E-state index contributed by atoms with van der Waals surface area (Å²) in [6, 6.07) is 3.92. The third kappa shape index (κ3) is 3.22. The molecule has 1 aromatic heterocycles. The van der Waals surface area contributed by atoms with Gasteiger partial charge >= 0.3 is 0 Å². The number of hydrogen-bond acceptors (Lipinski definition) is 4. The molecule has 1 unspecified atom stereocenters. The number of hydrogen-bond donors (Lipinski definition) is 2. The van der Waals surface area contributed by atoms with Gasteiger partial charge in [-0.1, -0.05) is 6.92 Å². The average molecular weight is 195 g/mol. The second-order valence-electron chi connectivity index (χ2n) is 3.13. The molecule has 1 aromatic rings. The van der Waals surface area contributed by atoms with Gasteiger partial charge in [0.2, 0.25) is 0 Å². The predicted molar refractivity (Wildman–Crippen MR) is 57.5 cm³/mol. The van der Waals surface area contributed by atoms with Crippen LogP contribution < -0.4 is 15.8 Å². The van der Waals surface area contributed by atoms with E-state index in [-0.39, 0.29) is 6.04 Å². The maximum atomic E-state index is 5.76. The van der Waals surface area contributed by atoms with E-state index in [1.807, 2.05) is 12.1 Å². The molecule has 0 amide bonds. The lowest BCUT2D eigenvalue weighted by Gasteiger charge is -2.10. The van der Waals surface area contributed by atoms with E-state index in [9.17, 15) is 0 Å². The summed E-state index contributed by atoms with van der Waals surface area (Å²) < 4.78 is 5.00. The first kappa shape index (κ1) is 10.8. The van der Waals surface area contributed by atoms with E-state index in [1.54, 1.807) is 13.3 Å². The highest BCUT2D eigenvalue weighted by molar-refractivity contribution is 5.37. The minimum atomic E-state index is 0.180. The highest BCUT2D eigenvalue weighted by Gasteiger charge is 1.99. The Morgan fingerprint density at radius 3 is 2.86 bits per heavy atom. The van der Waals surface area contributed by atoms with Crippen molar-refractivity contribution in [3.63, 3.8) is 0 Å². The predicted octanol–water partition coefficient (Wildman–Crippen LogP) is 1.24. The number of methoxy groups -OCH3 is 1. The molecule has 0 bridgehead atoms. The molecule has 14 heavy (non-hydrogen) atoms. The van der Waals surface area contributed by atoms with Crippen LogP contribution in [0.15, 0.2) is 18.3 Å². The summed E-state index contributed by atoms with van der Waals surface area (Å²) in [7, 11) is 1.62. The number of nitrogens with two attached hydrogens (primary N) is 1. The van der Waals surface area contributed by atoms with Crippen LogP contribution in [0.25, 0.3) is 0 Å². The smallest absolute Gasteiger partial charge is 0.137 e. The average Bonchev–Trinajstić information content (AvgIpc) is 2.26. The Bertz CT molecular complexity index is 261. The van der Waals surface area contributed by atoms with Gasteiger partial charge in [-0.3, -0.25) is 0 Å². The quantitative estimate of drug-likeness (QED) is 0.742. The first-order valence-electron chi connectivity index (χ1n) is 4.75. The molecule has 0 aliphatic carbocycles. The van der Waals surface area contributed by atoms with Crippen molar-refractivity contribution < 1.29 is 4.74 Å². The van der Waals surface area contributed by atoms with Gasteiger partial charge in [0.15, 0.2) is 0 Å². The first-order chi connectivity index (χ1) is 6.76. The van der Waals surface area contributed by atoms with Crippen LogP contribution >= 0.6 is 0 Å². The molecule has 4 heteroatoms. The van der Waals surface area contributed by atoms with Crippen molar-refractivity contribution in [1.29, 1.82) is 0 Å². The van der Waals surface area contributed by atoms with Crippen molar-refractivity contribution in [2.75, 3.05) is 19.0 Å². The van der Waals surface area contributed by atoms with Crippen LogP contribution in [-0.2, 0) is 0 Å². The van der Waals surface area contributed by atoms with Gasteiger partial charge in [0.1, 0.15) is 11.6 Å². The van der Waals surface area contributed by atoms with E-state index in [1.165, 1.54) is 0 Å². The van der Waals surface area contributed by atoms with Gasteiger partial charge in [-0.2, -0.15) is 0 Å². The standard InChI is InChI=1S/C10H17N3O/c1-3-8(11)6-12-10-5-4-9(14-2)7-13-10/h4-5,7-8H,3,6,11H2,1-2H3,(H,12,13). The normalized spacial score (nSPS) is 12.2. The molecule has 0 aliphatic rings. The van der Waals surface area contributed by atoms with Crippen molar-refractivity contribution >= 4 is 5.82 Å². The van der Waals surface area contributed by atoms with Crippen LogP contribution in [0.1, 0.15) is 13.3 Å². The van der Waals surface area contributed by atoms with Gasteiger partial charge in [-0.25, -0.2) is 4.98 Å². The number of anilines is 1. The zero-order valence-corrected chi connectivity index (χ0v) is 8.66. The Labute approximate surface area is 84.5 Å². The highest BCUT2D eigenvalue weighted by atomic mass is 16.5. The maximum Gasteiger partial charge on any atom is 0.137 e. The molecule has 0 fully saturated rings. The molecule has 0 saturated carbocycles. The first-order valence-corrected chi connectivity index (χ1v) is 4.75. The van der Waals surface area contributed by atoms with Gasteiger partial charge in [-0.05, 0) is 18.6 Å². The van der Waals surface area contributed by atoms with Crippen LogP contribution in [0, 0.1) is 0 Å². The summed E-state index contributed by atoms with van der Waals surface area (Å²) in [6.07, 6.45) is 2.64. The molecule has 1 atom stereocenters. The molecule has 1 rings (SSSR count). The van der Waals surface area contributed by atoms with Crippen LogP contribution in [0.3, 0.4) is 0 Å². The summed E-state index contributed by atoms with van der Waals surface area (Å²) in [5.74, 6) is 1.59. The fourth-order valence-corrected chi connectivity index (χ4v) is 0.986. The second kappa shape index (κ2) is 5.44. The van der Waals surface area contributed by atoms with E-state index >= 15 is 0 Å². The Morgan fingerprint density at radius 1 is 1.57 bits per heavy atom. The summed E-state index contributed by atoms with van der Waals surface area (Å²) in [5, 5.41) is 3.15. The van der Waals surface area contributed by atoms with Crippen LogP contribution in [0.2, 0.25) is 0 Å². The van der Waals surface area contributed by atoms with Gasteiger partial charge in [-0.15, -0.1) is 0 Å². The van der Waals surface area contributed by atoms with Crippen LogP contribution in [-0.4, -0.2) is 24.7 Å². The molecule has 0 radical (unpaired) electrons. The molecule has 3 N–H and O–H groups in total. The van der Waals surface area contributed by atoms with Crippen LogP contribution in [0.5, 0.6) is 5.75 Å². The largest absolute Gasteiger partial charge is 0.495 e. The number of nitrogens with zero attached hydrogens (tertiary/aromatic N) is 1. The number of pyridine rings is 1. The Balaban J connectivity index is 2.43. The molecule has 0 aliphatic heterocycles. The number of aromatic nitrogens is 1. The molecular weight excluding hydrogens is 178 g/mol. The fraction of sp³-hybridized carbons (Fsp3) is 0.500. The summed E-state index contributed by atoms with van der Waals surface area (Å²) in [6.45, 7) is 2.81. The second-order valence-corrected chi connectivity index (χ2v) is 3.13. The molecule has 0 spiro atoms. The van der Waals surface area contributed by atoms with Gasteiger partial charge in [0, 0.05) is 12.6 Å². The number of nitrogens with one attached hydrogen (secondary N) is 1. The maximum absolute atomic E-state index is 5.76. The molecule has 1 heterocycles. The van der Waals surface area contributed by atoms with Gasteiger partial charge in [0.05, 0.1) is 13.3 Å². The lowest BCUT2D eigenvalue weighted by atomic mass is 10.2. The topological polar surface area (TPSA) is 60.2 Å². The van der Waals surface area contributed by atoms with E-state index < -0.39 is 0 Å². The number of ether oxygens (including phenoxy) is 1. The zero-order chi connectivity index (χ0) is 10.4. The monoisotopic (exact) mass is 195 g/mol. The highest BCUT2D eigenvalue weighted by Crippen LogP contribution is 2.10. The third-order valence-corrected chi connectivity index (χ3v) is 2.04.